The van der Waals surface area contributed by atoms with Crippen molar-refractivity contribution in [3.05, 3.63) is 0 Å². The molecule has 3 N–H and O–H groups in total. The number of aliphatic hydroxyl groups is 3. The van der Waals surface area contributed by atoms with Crippen LogP contribution in [0.25, 0.3) is 0 Å². The van der Waals surface area contributed by atoms with Crippen molar-refractivity contribution in [2.45, 2.75) is 39.1 Å². The summed E-state index contributed by atoms with van der Waals surface area (Å²) in [6.45, 7) is 11.9. The first-order valence-electron chi connectivity index (χ1n) is 7.58. The number of β-amino-alcohol motifs (C(OH)–C–C–N with tert-alkyl or cyclic N) is 1. The molecule has 1 rings (SSSR count). The minimum absolute atomic E-state index is 0.275. The number of hydrogen-bond acceptors (Lipinski definition) is 6. The van der Waals surface area contributed by atoms with Gasteiger partial charge in [0, 0.05) is 45.8 Å². The fraction of sp³-hybridized carbons (Fsp3) is 1.00. The number of hydrogen-bond donors (Lipinski definition) is 3. The van der Waals surface area contributed by atoms with E-state index in [0.717, 1.165) is 39.4 Å². The first-order chi connectivity index (χ1) is 9.36. The average Bonchev–Trinajstić information content (AvgIpc) is 2.29. The molecule has 0 amide bonds. The minimum Gasteiger partial charge on any atom is -0.392 e. The fourth-order valence-electron chi connectivity index (χ4n) is 2.71. The van der Waals surface area contributed by atoms with E-state index in [9.17, 15) is 15.3 Å². The van der Waals surface area contributed by atoms with Crippen LogP contribution in [0.4, 0.5) is 0 Å². The van der Waals surface area contributed by atoms with Gasteiger partial charge in [0.2, 0.25) is 0 Å². The second-order valence-electron chi connectivity index (χ2n) is 6.14. The molecule has 0 aromatic rings. The maximum Gasteiger partial charge on any atom is 0.0639 e. The number of aliphatic hydroxyl groups excluding tert-OH is 3. The number of nitrogens with zero attached hydrogens (tertiary/aromatic N) is 3. The zero-order chi connectivity index (χ0) is 15.1. The summed E-state index contributed by atoms with van der Waals surface area (Å²) in [5, 5.41) is 28.5. The van der Waals surface area contributed by atoms with Crippen LogP contribution in [0.15, 0.2) is 0 Å². The molecule has 1 saturated heterocycles. The summed E-state index contributed by atoms with van der Waals surface area (Å²) in [7, 11) is 0. The first kappa shape index (κ1) is 17.8. The van der Waals surface area contributed by atoms with Crippen molar-refractivity contribution in [3.8, 4) is 0 Å². The molecule has 1 fully saturated rings. The molecule has 3 atom stereocenters. The van der Waals surface area contributed by atoms with Crippen molar-refractivity contribution in [2.24, 2.45) is 0 Å². The van der Waals surface area contributed by atoms with Crippen LogP contribution in [0.1, 0.15) is 20.8 Å². The van der Waals surface area contributed by atoms with Gasteiger partial charge in [0.15, 0.2) is 0 Å². The summed E-state index contributed by atoms with van der Waals surface area (Å²) in [6.07, 6.45) is -1.04. The van der Waals surface area contributed by atoms with Crippen LogP contribution in [0.5, 0.6) is 0 Å². The quantitative estimate of drug-likeness (QED) is 0.533. The Morgan fingerprint density at radius 1 is 0.800 bits per heavy atom. The molecule has 120 valence electrons. The average molecular weight is 289 g/mol. The van der Waals surface area contributed by atoms with Gasteiger partial charge in [-0.2, -0.15) is 0 Å². The smallest absolute Gasteiger partial charge is 0.0639 e. The molecule has 0 spiro atoms. The Balaban J connectivity index is 2.34. The lowest BCUT2D eigenvalue weighted by Gasteiger charge is -2.38. The van der Waals surface area contributed by atoms with Crippen molar-refractivity contribution in [1.29, 1.82) is 0 Å². The monoisotopic (exact) mass is 289 g/mol. The lowest BCUT2D eigenvalue weighted by Crippen LogP contribution is -2.52. The molecule has 0 aromatic carbocycles. The molecule has 1 heterocycles. The lowest BCUT2D eigenvalue weighted by molar-refractivity contribution is 0.0187. The van der Waals surface area contributed by atoms with Crippen LogP contribution in [0, 0.1) is 0 Å². The molecule has 0 aliphatic carbocycles. The van der Waals surface area contributed by atoms with Gasteiger partial charge in [-0.25, -0.2) is 0 Å². The van der Waals surface area contributed by atoms with Crippen LogP contribution >= 0.6 is 0 Å². The van der Waals surface area contributed by atoms with Crippen LogP contribution in [0.3, 0.4) is 0 Å². The van der Waals surface area contributed by atoms with Crippen molar-refractivity contribution in [3.63, 3.8) is 0 Å². The van der Waals surface area contributed by atoms with Gasteiger partial charge in [-0.15, -0.1) is 0 Å². The molecule has 0 unspecified atom stereocenters. The van der Waals surface area contributed by atoms with Gasteiger partial charge in [0.1, 0.15) is 0 Å². The normalized spacial score (nSPS) is 22.9. The largest absolute Gasteiger partial charge is 0.392 e. The van der Waals surface area contributed by atoms with E-state index < -0.39 is 0 Å². The van der Waals surface area contributed by atoms with E-state index in [0.29, 0.717) is 13.1 Å². The molecular formula is C14H31N3O3. The van der Waals surface area contributed by atoms with E-state index in [2.05, 4.69) is 14.7 Å². The zero-order valence-electron chi connectivity index (χ0n) is 13.1. The summed E-state index contributed by atoms with van der Waals surface area (Å²) < 4.78 is 0. The molecule has 20 heavy (non-hydrogen) atoms. The summed E-state index contributed by atoms with van der Waals surface area (Å²) in [4.78, 5) is 6.71. The first-order valence-corrected chi connectivity index (χ1v) is 7.58. The maximum absolute atomic E-state index is 9.53. The van der Waals surface area contributed by atoms with Gasteiger partial charge in [-0.3, -0.25) is 14.7 Å². The Morgan fingerprint density at radius 2 is 1.25 bits per heavy atom. The lowest BCUT2D eigenvalue weighted by atomic mass is 10.2. The highest BCUT2D eigenvalue weighted by Crippen LogP contribution is 2.05. The summed E-state index contributed by atoms with van der Waals surface area (Å²) in [5.74, 6) is 0. The SMILES string of the molecule is C[C@H](O)CN1CCN(CN(C[C@@H](C)O)C[C@@H](C)O)CC1. The molecular weight excluding hydrogens is 258 g/mol. The number of piperazine rings is 1. The van der Waals surface area contributed by atoms with Crippen LogP contribution < -0.4 is 0 Å². The summed E-state index contributed by atoms with van der Waals surface area (Å²) in [6, 6.07) is 0. The minimum atomic E-state index is -0.384. The van der Waals surface area contributed by atoms with E-state index in [-0.39, 0.29) is 18.3 Å². The summed E-state index contributed by atoms with van der Waals surface area (Å²) in [5.41, 5.74) is 0. The van der Waals surface area contributed by atoms with Gasteiger partial charge in [0.25, 0.3) is 0 Å². The molecule has 1 aliphatic heterocycles. The Bertz CT molecular complexity index is 244. The van der Waals surface area contributed by atoms with E-state index in [1.54, 1.807) is 13.8 Å². The van der Waals surface area contributed by atoms with Gasteiger partial charge >= 0.3 is 0 Å². The third kappa shape index (κ3) is 7.52. The van der Waals surface area contributed by atoms with E-state index in [1.165, 1.54) is 0 Å². The highest BCUT2D eigenvalue weighted by Gasteiger charge is 2.20. The second-order valence-corrected chi connectivity index (χ2v) is 6.14. The third-order valence-corrected chi connectivity index (χ3v) is 3.43. The predicted octanol–water partition coefficient (Wildman–Crippen LogP) is -0.994. The predicted molar refractivity (Wildman–Crippen MR) is 79.5 cm³/mol. The summed E-state index contributed by atoms with van der Waals surface area (Å²) >= 11 is 0. The van der Waals surface area contributed by atoms with Gasteiger partial charge in [0.05, 0.1) is 25.0 Å². The third-order valence-electron chi connectivity index (χ3n) is 3.43. The Hall–Kier alpha value is -0.240. The number of rotatable bonds is 8. The topological polar surface area (TPSA) is 70.4 Å². The van der Waals surface area contributed by atoms with Gasteiger partial charge < -0.3 is 15.3 Å². The molecule has 0 bridgehead atoms. The Labute approximate surface area is 122 Å². The zero-order valence-corrected chi connectivity index (χ0v) is 13.1. The second kappa shape index (κ2) is 8.92. The van der Waals surface area contributed by atoms with Crippen molar-refractivity contribution in [1.82, 2.24) is 14.7 Å². The molecule has 6 heteroatoms. The van der Waals surface area contributed by atoms with Crippen LogP contribution in [-0.2, 0) is 0 Å². The van der Waals surface area contributed by atoms with Gasteiger partial charge in [-0.05, 0) is 20.8 Å². The van der Waals surface area contributed by atoms with E-state index in [1.807, 2.05) is 6.92 Å². The maximum atomic E-state index is 9.53. The van der Waals surface area contributed by atoms with Crippen molar-refractivity contribution in [2.75, 3.05) is 52.5 Å². The Kier molecular flexibility index (Phi) is 7.94. The Morgan fingerprint density at radius 3 is 1.65 bits per heavy atom. The van der Waals surface area contributed by atoms with E-state index in [4.69, 9.17) is 0 Å². The van der Waals surface area contributed by atoms with Crippen molar-refractivity contribution >= 4 is 0 Å². The molecule has 0 saturated carbocycles. The van der Waals surface area contributed by atoms with Crippen LogP contribution in [-0.4, -0.2) is 101 Å². The standard InChI is InChI=1S/C14H31N3O3/c1-12(18)8-15-4-6-16(7-5-15)11-17(9-13(2)19)10-14(3)20/h12-14,18-20H,4-11H2,1-3H3/t12-,13+,14+/m0/s1. The molecule has 6 nitrogen and oxygen atoms in total. The van der Waals surface area contributed by atoms with Crippen molar-refractivity contribution < 1.29 is 15.3 Å². The van der Waals surface area contributed by atoms with Crippen LogP contribution in [0.2, 0.25) is 0 Å². The van der Waals surface area contributed by atoms with Gasteiger partial charge in [-0.1, -0.05) is 0 Å². The molecule has 0 aromatic heterocycles. The van der Waals surface area contributed by atoms with E-state index >= 15 is 0 Å². The highest BCUT2D eigenvalue weighted by atomic mass is 16.3. The highest BCUT2D eigenvalue weighted by molar-refractivity contribution is 4.74. The molecule has 0 radical (unpaired) electrons. The molecule has 1 aliphatic rings. The fourth-order valence-corrected chi connectivity index (χ4v) is 2.71.